The van der Waals surface area contributed by atoms with Gasteiger partial charge in [-0.15, -0.1) is 0 Å². The number of rotatable bonds is 7. The second-order valence-corrected chi connectivity index (χ2v) is 5.89. The zero-order chi connectivity index (χ0) is 18.9. The Hall–Kier alpha value is -3.53. The van der Waals surface area contributed by atoms with E-state index in [1.54, 1.807) is 37.5 Å². The van der Waals surface area contributed by atoms with Crippen molar-refractivity contribution in [3.8, 4) is 11.5 Å². The summed E-state index contributed by atoms with van der Waals surface area (Å²) in [6, 6.07) is 24.8. The van der Waals surface area contributed by atoms with Gasteiger partial charge in [0.25, 0.3) is 0 Å². The molecule has 1 amide bonds. The van der Waals surface area contributed by atoms with E-state index in [0.29, 0.717) is 6.61 Å². The van der Waals surface area contributed by atoms with Gasteiger partial charge in [0.2, 0.25) is 5.91 Å². The van der Waals surface area contributed by atoms with Crippen molar-refractivity contribution in [3.05, 3.63) is 96.1 Å². The van der Waals surface area contributed by atoms with Gasteiger partial charge < -0.3 is 14.8 Å². The quantitative estimate of drug-likeness (QED) is 0.609. The molecule has 0 radical (unpaired) electrons. The lowest BCUT2D eigenvalue weighted by Crippen LogP contribution is -2.07. The summed E-state index contributed by atoms with van der Waals surface area (Å²) >= 11 is 0. The van der Waals surface area contributed by atoms with Crippen LogP contribution in [0.4, 0.5) is 5.69 Å². The molecule has 4 heteroatoms. The molecule has 0 aliphatic carbocycles. The van der Waals surface area contributed by atoms with Crippen LogP contribution in [0.1, 0.15) is 11.1 Å². The Labute approximate surface area is 159 Å². The first-order valence-corrected chi connectivity index (χ1v) is 8.63. The molecule has 0 saturated carbocycles. The molecule has 1 N–H and O–H groups in total. The number of benzene rings is 3. The van der Waals surface area contributed by atoms with Gasteiger partial charge in [-0.3, -0.25) is 4.79 Å². The summed E-state index contributed by atoms with van der Waals surface area (Å²) in [4.78, 5) is 12.0. The molecule has 27 heavy (non-hydrogen) atoms. The van der Waals surface area contributed by atoms with E-state index in [4.69, 9.17) is 9.47 Å². The van der Waals surface area contributed by atoms with Gasteiger partial charge in [-0.05, 0) is 53.6 Å². The molecule has 0 unspecified atom stereocenters. The number of carbonyl (C=O) groups is 1. The maximum atomic E-state index is 12.0. The molecule has 0 aliphatic rings. The van der Waals surface area contributed by atoms with E-state index in [2.05, 4.69) is 5.32 Å². The van der Waals surface area contributed by atoms with Crippen LogP contribution in [0.3, 0.4) is 0 Å². The molecule has 136 valence electrons. The summed E-state index contributed by atoms with van der Waals surface area (Å²) in [5, 5.41) is 2.81. The van der Waals surface area contributed by atoms with Crippen LogP contribution in [0.2, 0.25) is 0 Å². The van der Waals surface area contributed by atoms with Crippen LogP contribution >= 0.6 is 0 Å². The van der Waals surface area contributed by atoms with Gasteiger partial charge in [0.05, 0.1) is 7.11 Å². The van der Waals surface area contributed by atoms with Crippen LogP contribution in [-0.2, 0) is 11.4 Å². The number of methoxy groups -OCH3 is 1. The number of ether oxygens (including phenoxy) is 2. The minimum Gasteiger partial charge on any atom is -0.497 e. The van der Waals surface area contributed by atoms with Crippen LogP contribution in [0, 0.1) is 0 Å². The average molecular weight is 359 g/mol. The van der Waals surface area contributed by atoms with Crippen LogP contribution in [0.25, 0.3) is 6.08 Å². The van der Waals surface area contributed by atoms with Crippen molar-refractivity contribution in [2.45, 2.75) is 6.61 Å². The Morgan fingerprint density at radius 2 is 1.56 bits per heavy atom. The lowest BCUT2D eigenvalue weighted by molar-refractivity contribution is -0.111. The Morgan fingerprint density at radius 3 is 2.22 bits per heavy atom. The third-order valence-corrected chi connectivity index (χ3v) is 3.91. The highest BCUT2D eigenvalue weighted by atomic mass is 16.5. The molecule has 0 aromatic heterocycles. The lowest BCUT2D eigenvalue weighted by atomic mass is 10.2. The van der Waals surface area contributed by atoms with Crippen LogP contribution in [-0.4, -0.2) is 13.0 Å². The van der Waals surface area contributed by atoms with Crippen molar-refractivity contribution >= 4 is 17.7 Å². The van der Waals surface area contributed by atoms with Crippen molar-refractivity contribution in [1.29, 1.82) is 0 Å². The van der Waals surface area contributed by atoms with Gasteiger partial charge >= 0.3 is 0 Å². The van der Waals surface area contributed by atoms with Gasteiger partial charge in [-0.1, -0.05) is 42.5 Å². The number of amides is 1. The fraction of sp³-hybridized carbons (Fsp3) is 0.0870. The molecule has 0 saturated heterocycles. The number of carbonyl (C=O) groups excluding carboxylic acids is 1. The second-order valence-electron chi connectivity index (χ2n) is 5.89. The molecule has 0 bridgehead atoms. The lowest BCUT2D eigenvalue weighted by Gasteiger charge is -2.06. The van der Waals surface area contributed by atoms with Gasteiger partial charge in [0, 0.05) is 11.8 Å². The highest BCUT2D eigenvalue weighted by Crippen LogP contribution is 2.16. The predicted molar refractivity (Wildman–Crippen MR) is 108 cm³/mol. The Morgan fingerprint density at radius 1 is 0.889 bits per heavy atom. The molecule has 0 aliphatic heterocycles. The van der Waals surface area contributed by atoms with Crippen molar-refractivity contribution in [2.75, 3.05) is 12.4 Å². The topological polar surface area (TPSA) is 47.6 Å². The molecule has 3 aromatic carbocycles. The minimum absolute atomic E-state index is 0.190. The Balaban J connectivity index is 1.51. The van der Waals surface area contributed by atoms with E-state index in [-0.39, 0.29) is 5.91 Å². The third kappa shape index (κ3) is 5.75. The number of anilines is 1. The number of hydrogen-bond donors (Lipinski definition) is 1. The number of nitrogens with one attached hydrogen (secondary N) is 1. The summed E-state index contributed by atoms with van der Waals surface area (Å²) < 4.78 is 10.9. The van der Waals surface area contributed by atoms with E-state index in [1.165, 1.54) is 6.08 Å². The summed E-state index contributed by atoms with van der Waals surface area (Å²) in [5.41, 5.74) is 2.76. The molecule has 0 fully saturated rings. The first kappa shape index (κ1) is 18.3. The fourth-order valence-electron chi connectivity index (χ4n) is 2.45. The summed E-state index contributed by atoms with van der Waals surface area (Å²) in [5.74, 6) is 1.35. The predicted octanol–water partition coefficient (Wildman–Crippen LogP) is 4.93. The van der Waals surface area contributed by atoms with E-state index in [0.717, 1.165) is 28.3 Å². The summed E-state index contributed by atoms with van der Waals surface area (Å²) in [6.07, 6.45) is 3.27. The van der Waals surface area contributed by atoms with Crippen molar-refractivity contribution in [1.82, 2.24) is 0 Å². The van der Waals surface area contributed by atoms with Gasteiger partial charge in [-0.25, -0.2) is 0 Å². The zero-order valence-corrected chi connectivity index (χ0v) is 15.1. The van der Waals surface area contributed by atoms with E-state index in [9.17, 15) is 4.79 Å². The molecule has 0 atom stereocenters. The molecule has 0 heterocycles. The monoisotopic (exact) mass is 359 g/mol. The van der Waals surface area contributed by atoms with Crippen LogP contribution in [0.5, 0.6) is 11.5 Å². The largest absolute Gasteiger partial charge is 0.497 e. The maximum absolute atomic E-state index is 12.0. The normalized spacial score (nSPS) is 10.6. The Bertz CT molecular complexity index is 885. The van der Waals surface area contributed by atoms with Gasteiger partial charge in [-0.2, -0.15) is 0 Å². The second kappa shape index (κ2) is 9.25. The highest BCUT2D eigenvalue weighted by Gasteiger charge is 1.99. The molecule has 4 nitrogen and oxygen atoms in total. The standard InChI is InChI=1S/C23H21NO3/c1-26-21-14-10-20(11-15-21)24-23(25)16-9-18-7-12-22(13-8-18)27-17-19-5-3-2-4-6-19/h2-16H,17H2,1H3,(H,24,25). The third-order valence-electron chi connectivity index (χ3n) is 3.91. The fourth-order valence-corrected chi connectivity index (χ4v) is 2.45. The van der Waals surface area contributed by atoms with E-state index >= 15 is 0 Å². The number of hydrogen-bond acceptors (Lipinski definition) is 3. The molecular formula is C23H21NO3. The maximum Gasteiger partial charge on any atom is 0.248 e. The smallest absolute Gasteiger partial charge is 0.248 e. The SMILES string of the molecule is COc1ccc(NC(=O)C=Cc2ccc(OCc3ccccc3)cc2)cc1. The first-order valence-electron chi connectivity index (χ1n) is 8.63. The minimum atomic E-state index is -0.190. The molecule has 0 spiro atoms. The van der Waals surface area contributed by atoms with Gasteiger partial charge in [0.15, 0.2) is 0 Å². The van der Waals surface area contributed by atoms with E-state index < -0.39 is 0 Å². The average Bonchev–Trinajstić information content (AvgIpc) is 2.73. The van der Waals surface area contributed by atoms with Crippen molar-refractivity contribution in [3.63, 3.8) is 0 Å². The van der Waals surface area contributed by atoms with Crippen LogP contribution in [0.15, 0.2) is 84.9 Å². The first-order chi connectivity index (χ1) is 13.2. The van der Waals surface area contributed by atoms with Crippen molar-refractivity contribution in [2.24, 2.45) is 0 Å². The van der Waals surface area contributed by atoms with E-state index in [1.807, 2.05) is 54.6 Å². The summed E-state index contributed by atoms with van der Waals surface area (Å²) in [6.45, 7) is 0.528. The van der Waals surface area contributed by atoms with Gasteiger partial charge in [0.1, 0.15) is 18.1 Å². The van der Waals surface area contributed by atoms with Crippen molar-refractivity contribution < 1.29 is 14.3 Å². The summed E-state index contributed by atoms with van der Waals surface area (Å²) in [7, 11) is 1.61. The highest BCUT2D eigenvalue weighted by molar-refractivity contribution is 6.01. The molecule has 3 rings (SSSR count). The molecule has 3 aromatic rings. The van der Waals surface area contributed by atoms with Crippen LogP contribution < -0.4 is 14.8 Å². The Kier molecular flexibility index (Phi) is 6.26. The zero-order valence-electron chi connectivity index (χ0n) is 15.1. The molecular weight excluding hydrogens is 338 g/mol.